The molecule has 1 aliphatic heterocycles. The fourth-order valence-corrected chi connectivity index (χ4v) is 5.24. The van der Waals surface area contributed by atoms with E-state index in [1.165, 1.54) is 6.42 Å². The Balaban J connectivity index is 1.49. The number of nitrogens with one attached hydrogen (secondary N) is 2. The fraction of sp³-hybridized carbons (Fsp3) is 0.519. The molecule has 8 heteroatoms. The Morgan fingerprint density at radius 1 is 1.03 bits per heavy atom. The number of carboxylic acid groups (broad SMARTS) is 1. The Hall–Kier alpha value is -2.80. The van der Waals surface area contributed by atoms with Gasteiger partial charge in [-0.15, -0.1) is 0 Å². The summed E-state index contributed by atoms with van der Waals surface area (Å²) in [7, 11) is 0. The number of rotatable bonds is 9. The van der Waals surface area contributed by atoms with Crippen LogP contribution in [0.25, 0.3) is 0 Å². The van der Waals surface area contributed by atoms with Gasteiger partial charge in [-0.05, 0) is 67.9 Å². The topological polar surface area (TPSA) is 94.6 Å². The molecule has 188 valence electrons. The number of piperidine rings is 1. The number of anilines is 2. The third-order valence-corrected chi connectivity index (χ3v) is 7.24. The number of pyridine rings is 1. The lowest BCUT2D eigenvalue weighted by atomic mass is 9.95. The van der Waals surface area contributed by atoms with Gasteiger partial charge in [0.1, 0.15) is 11.6 Å². The summed E-state index contributed by atoms with van der Waals surface area (Å²) < 4.78 is 0. The Morgan fingerprint density at radius 2 is 1.80 bits per heavy atom. The summed E-state index contributed by atoms with van der Waals surface area (Å²) in [4.78, 5) is 31.4. The van der Waals surface area contributed by atoms with E-state index in [0.717, 1.165) is 62.9 Å². The van der Waals surface area contributed by atoms with Crippen LogP contribution in [0.3, 0.4) is 0 Å². The van der Waals surface area contributed by atoms with E-state index in [4.69, 9.17) is 16.6 Å². The maximum Gasteiger partial charge on any atom is 0.303 e. The highest BCUT2D eigenvalue weighted by Crippen LogP contribution is 2.27. The van der Waals surface area contributed by atoms with Crippen LogP contribution in [-0.4, -0.2) is 47.6 Å². The number of hydrogen-bond acceptors (Lipinski definition) is 5. The second-order valence-corrected chi connectivity index (χ2v) is 10.2. The first-order valence-electron chi connectivity index (χ1n) is 12.7. The molecule has 0 radical (unpaired) electrons. The highest BCUT2D eigenvalue weighted by molar-refractivity contribution is 6.30. The second kappa shape index (κ2) is 12.2. The zero-order valence-electron chi connectivity index (χ0n) is 20.1. The van der Waals surface area contributed by atoms with Crippen LogP contribution in [0.2, 0.25) is 5.02 Å². The molecule has 0 bridgehead atoms. The Morgan fingerprint density at radius 3 is 2.54 bits per heavy atom. The maximum absolute atomic E-state index is 13.2. The molecule has 1 aliphatic carbocycles. The average Bonchev–Trinajstić information content (AvgIpc) is 2.85. The van der Waals surface area contributed by atoms with Gasteiger partial charge in [0.25, 0.3) is 5.91 Å². The van der Waals surface area contributed by atoms with Gasteiger partial charge in [0, 0.05) is 37.1 Å². The fourth-order valence-electron chi connectivity index (χ4n) is 5.12. The molecular weight excluding hydrogens is 464 g/mol. The van der Waals surface area contributed by atoms with E-state index < -0.39 is 5.97 Å². The van der Waals surface area contributed by atoms with Gasteiger partial charge in [0.2, 0.25) is 0 Å². The first-order chi connectivity index (χ1) is 17.0. The molecule has 2 aromatic rings. The minimum atomic E-state index is -0.760. The van der Waals surface area contributed by atoms with Crippen molar-refractivity contribution >= 4 is 35.1 Å². The second-order valence-electron chi connectivity index (χ2n) is 9.73. The summed E-state index contributed by atoms with van der Waals surface area (Å²) >= 11 is 6.00. The van der Waals surface area contributed by atoms with Crippen molar-refractivity contribution in [3.63, 3.8) is 0 Å². The Labute approximate surface area is 212 Å². The number of aromatic nitrogens is 1. The largest absolute Gasteiger partial charge is 0.481 e. The zero-order valence-corrected chi connectivity index (χ0v) is 20.9. The molecule has 1 aromatic carbocycles. The SMILES string of the molecule is O=C(O)C[C@@H]1CCCN(c2ccc(C(=O)NC3CCCCC3)c(NCCc3ccc(Cl)cc3)n2)C1. The van der Waals surface area contributed by atoms with Gasteiger partial charge in [-0.1, -0.05) is 43.0 Å². The van der Waals surface area contributed by atoms with Crippen LogP contribution in [0.4, 0.5) is 11.6 Å². The molecule has 2 aliphatic rings. The molecule has 7 nitrogen and oxygen atoms in total. The Kier molecular flexibility index (Phi) is 8.85. The van der Waals surface area contributed by atoms with Gasteiger partial charge < -0.3 is 20.6 Å². The lowest BCUT2D eigenvalue weighted by Gasteiger charge is -2.33. The van der Waals surface area contributed by atoms with Crippen molar-refractivity contribution in [1.29, 1.82) is 0 Å². The zero-order chi connectivity index (χ0) is 24.6. The summed E-state index contributed by atoms with van der Waals surface area (Å²) in [6, 6.07) is 11.7. The van der Waals surface area contributed by atoms with E-state index >= 15 is 0 Å². The molecule has 0 spiro atoms. The predicted octanol–water partition coefficient (Wildman–Crippen LogP) is 5.14. The maximum atomic E-state index is 13.2. The lowest BCUT2D eigenvalue weighted by Crippen LogP contribution is -2.38. The van der Waals surface area contributed by atoms with Crippen molar-refractivity contribution in [1.82, 2.24) is 10.3 Å². The van der Waals surface area contributed by atoms with Gasteiger partial charge in [-0.25, -0.2) is 4.98 Å². The van der Waals surface area contributed by atoms with Crippen molar-refractivity contribution in [2.75, 3.05) is 29.9 Å². The van der Waals surface area contributed by atoms with Crippen LogP contribution < -0.4 is 15.5 Å². The standard InChI is InChI=1S/C27H35ClN4O3/c28-21-10-8-19(9-11-21)14-15-29-26-23(27(35)30-22-6-2-1-3-7-22)12-13-24(31-26)32-16-4-5-20(18-32)17-25(33)34/h8-13,20,22H,1-7,14-18H2,(H,29,31)(H,30,35)(H,33,34)/t20-/m0/s1. The number of hydrogen-bond donors (Lipinski definition) is 3. The van der Waals surface area contributed by atoms with Crippen LogP contribution in [-0.2, 0) is 11.2 Å². The molecule has 1 aromatic heterocycles. The normalized spacial score (nSPS) is 18.8. The molecule has 35 heavy (non-hydrogen) atoms. The van der Waals surface area contributed by atoms with Crippen molar-refractivity contribution in [3.8, 4) is 0 Å². The number of carbonyl (C=O) groups is 2. The van der Waals surface area contributed by atoms with E-state index in [1.54, 1.807) is 0 Å². The van der Waals surface area contributed by atoms with E-state index in [0.29, 0.717) is 29.5 Å². The van der Waals surface area contributed by atoms with Crippen molar-refractivity contribution in [2.45, 2.75) is 63.8 Å². The smallest absolute Gasteiger partial charge is 0.303 e. The number of carbonyl (C=O) groups excluding carboxylic acids is 1. The lowest BCUT2D eigenvalue weighted by molar-refractivity contribution is -0.138. The van der Waals surface area contributed by atoms with Crippen molar-refractivity contribution < 1.29 is 14.7 Å². The third-order valence-electron chi connectivity index (χ3n) is 6.99. The molecule has 1 amide bonds. The number of nitrogens with zero attached hydrogens (tertiary/aromatic N) is 2. The molecule has 0 unspecified atom stereocenters. The first kappa shape index (κ1) is 25.3. The van der Waals surface area contributed by atoms with Crippen LogP contribution in [0, 0.1) is 5.92 Å². The van der Waals surface area contributed by atoms with E-state index in [2.05, 4.69) is 15.5 Å². The number of amides is 1. The van der Waals surface area contributed by atoms with Gasteiger partial charge in [-0.2, -0.15) is 0 Å². The summed E-state index contributed by atoms with van der Waals surface area (Å²) in [5, 5.41) is 16.5. The third kappa shape index (κ3) is 7.34. The number of halogens is 1. The van der Waals surface area contributed by atoms with Gasteiger partial charge in [0.05, 0.1) is 5.56 Å². The molecule has 2 heterocycles. The minimum absolute atomic E-state index is 0.0904. The van der Waals surface area contributed by atoms with Crippen molar-refractivity contribution in [2.24, 2.45) is 5.92 Å². The average molecular weight is 499 g/mol. The molecular formula is C27H35ClN4O3. The van der Waals surface area contributed by atoms with Crippen molar-refractivity contribution in [3.05, 3.63) is 52.5 Å². The summed E-state index contributed by atoms with van der Waals surface area (Å²) in [6.45, 7) is 2.13. The van der Waals surface area contributed by atoms with E-state index in [9.17, 15) is 14.7 Å². The molecule has 4 rings (SSSR count). The summed E-state index contributed by atoms with van der Waals surface area (Å²) in [6.07, 6.45) is 8.38. The molecule has 1 atom stereocenters. The monoisotopic (exact) mass is 498 g/mol. The first-order valence-corrected chi connectivity index (χ1v) is 13.1. The van der Waals surface area contributed by atoms with Gasteiger partial charge >= 0.3 is 5.97 Å². The molecule has 1 saturated heterocycles. The summed E-state index contributed by atoms with van der Waals surface area (Å²) in [5.41, 5.74) is 1.70. The number of carboxylic acids is 1. The van der Waals surface area contributed by atoms with Crippen LogP contribution in [0.15, 0.2) is 36.4 Å². The van der Waals surface area contributed by atoms with E-state index in [1.807, 2.05) is 36.4 Å². The van der Waals surface area contributed by atoms with Gasteiger partial charge in [-0.3, -0.25) is 9.59 Å². The van der Waals surface area contributed by atoms with Crippen LogP contribution in [0.1, 0.15) is 67.3 Å². The van der Waals surface area contributed by atoms with Crippen LogP contribution in [0.5, 0.6) is 0 Å². The van der Waals surface area contributed by atoms with Crippen LogP contribution >= 0.6 is 11.6 Å². The molecule has 1 saturated carbocycles. The Bertz CT molecular complexity index is 1010. The number of aliphatic carboxylic acids is 1. The van der Waals surface area contributed by atoms with Gasteiger partial charge in [0.15, 0.2) is 0 Å². The highest BCUT2D eigenvalue weighted by Gasteiger charge is 2.25. The van der Waals surface area contributed by atoms with E-state index in [-0.39, 0.29) is 24.3 Å². The molecule has 2 fully saturated rings. The summed E-state index contributed by atoms with van der Waals surface area (Å²) in [5.74, 6) is 0.614. The quantitative estimate of drug-likeness (QED) is 0.443. The predicted molar refractivity (Wildman–Crippen MR) is 139 cm³/mol. The number of benzene rings is 1. The molecule has 3 N–H and O–H groups in total. The minimum Gasteiger partial charge on any atom is -0.481 e. The highest BCUT2D eigenvalue weighted by atomic mass is 35.5.